The zero-order valence-electron chi connectivity index (χ0n) is 8.01. The minimum absolute atomic E-state index is 0.0816. The predicted molar refractivity (Wildman–Crippen MR) is 51.3 cm³/mol. The van der Waals surface area contributed by atoms with Crippen molar-refractivity contribution in [1.82, 2.24) is 0 Å². The molecule has 0 heterocycles. The predicted octanol–water partition coefficient (Wildman–Crippen LogP) is 2.86. The van der Waals surface area contributed by atoms with E-state index >= 15 is 0 Å². The molecule has 0 saturated heterocycles. The molecule has 1 spiro atoms. The van der Waals surface area contributed by atoms with Gasteiger partial charge in [-0.15, -0.1) is 0 Å². The molecule has 70 valence electrons. The molecular formula is C12H16O. The van der Waals surface area contributed by atoms with Gasteiger partial charge in [0.2, 0.25) is 0 Å². The van der Waals surface area contributed by atoms with Crippen LogP contribution in [0.25, 0.3) is 0 Å². The molecule has 2 saturated carbocycles. The lowest BCUT2D eigenvalue weighted by molar-refractivity contribution is -0.125. The van der Waals surface area contributed by atoms with Crippen molar-refractivity contribution < 1.29 is 4.79 Å². The molecule has 2 fully saturated rings. The van der Waals surface area contributed by atoms with Crippen LogP contribution in [0.4, 0.5) is 0 Å². The zero-order chi connectivity index (χ0) is 8.89. The summed E-state index contributed by atoms with van der Waals surface area (Å²) in [4.78, 5) is 12.0. The van der Waals surface area contributed by atoms with E-state index in [-0.39, 0.29) is 5.41 Å². The summed E-state index contributed by atoms with van der Waals surface area (Å²) in [5.74, 6) is 1.29. The van der Waals surface area contributed by atoms with Crippen LogP contribution in [-0.2, 0) is 4.79 Å². The molecule has 1 nitrogen and oxygen atoms in total. The maximum atomic E-state index is 12.0. The molecule has 2 atom stereocenters. The van der Waals surface area contributed by atoms with Gasteiger partial charge in [-0.25, -0.2) is 0 Å². The zero-order valence-corrected chi connectivity index (χ0v) is 8.01. The first kappa shape index (κ1) is 7.78. The summed E-state index contributed by atoms with van der Waals surface area (Å²) in [7, 11) is 0. The molecule has 0 amide bonds. The summed E-state index contributed by atoms with van der Waals surface area (Å²) in [5.41, 5.74) is 1.60. The van der Waals surface area contributed by atoms with Gasteiger partial charge in [-0.05, 0) is 44.4 Å². The van der Waals surface area contributed by atoms with Crippen LogP contribution in [0, 0.1) is 11.3 Å². The van der Waals surface area contributed by atoms with Gasteiger partial charge in [0.25, 0.3) is 0 Å². The summed E-state index contributed by atoms with van der Waals surface area (Å²) in [5, 5.41) is 0. The van der Waals surface area contributed by atoms with E-state index < -0.39 is 0 Å². The second-order valence-electron chi connectivity index (χ2n) is 4.79. The molecular weight excluding hydrogens is 160 g/mol. The van der Waals surface area contributed by atoms with Crippen LogP contribution in [0.15, 0.2) is 11.6 Å². The van der Waals surface area contributed by atoms with Crippen molar-refractivity contribution in [2.75, 3.05) is 0 Å². The molecule has 0 aromatic rings. The van der Waals surface area contributed by atoms with Gasteiger partial charge in [-0.1, -0.05) is 11.6 Å². The normalized spacial score (nSPS) is 42.9. The van der Waals surface area contributed by atoms with Crippen molar-refractivity contribution >= 4 is 5.78 Å². The smallest absolute Gasteiger partial charge is 0.143 e. The van der Waals surface area contributed by atoms with Gasteiger partial charge in [-0.2, -0.15) is 0 Å². The molecule has 0 radical (unpaired) electrons. The van der Waals surface area contributed by atoms with Crippen LogP contribution in [0.5, 0.6) is 0 Å². The molecule has 3 aliphatic rings. The Bertz CT molecular complexity index is 289. The lowest BCUT2D eigenvalue weighted by atomic mass is 9.68. The fourth-order valence-corrected chi connectivity index (χ4v) is 3.86. The second-order valence-corrected chi connectivity index (χ2v) is 4.79. The highest BCUT2D eigenvalue weighted by Crippen LogP contribution is 2.58. The SMILES string of the molecule is O=C1CC[C@H]2CCC=C3CCC[C@@]132. The summed E-state index contributed by atoms with van der Waals surface area (Å²) in [6, 6.07) is 0. The quantitative estimate of drug-likeness (QED) is 0.519. The molecule has 13 heavy (non-hydrogen) atoms. The van der Waals surface area contributed by atoms with Crippen molar-refractivity contribution in [2.24, 2.45) is 11.3 Å². The number of allylic oxidation sites excluding steroid dienone is 2. The van der Waals surface area contributed by atoms with Gasteiger partial charge >= 0.3 is 0 Å². The molecule has 0 aliphatic heterocycles. The number of carbonyl (C=O) groups is 1. The van der Waals surface area contributed by atoms with Gasteiger partial charge in [0.1, 0.15) is 5.78 Å². The highest BCUT2D eigenvalue weighted by atomic mass is 16.1. The van der Waals surface area contributed by atoms with E-state index in [2.05, 4.69) is 6.08 Å². The summed E-state index contributed by atoms with van der Waals surface area (Å²) in [6.07, 6.45) is 10.5. The maximum absolute atomic E-state index is 12.0. The van der Waals surface area contributed by atoms with Gasteiger partial charge in [0.15, 0.2) is 0 Å². The second kappa shape index (κ2) is 2.46. The standard InChI is InChI=1S/C12H16O/c13-11-7-6-10-4-1-3-9-5-2-8-12(9,10)11/h3,10H,1-2,4-8H2/t10-,12-/m1/s1. The molecule has 1 heteroatoms. The van der Waals surface area contributed by atoms with E-state index in [1.165, 1.54) is 44.1 Å². The van der Waals surface area contributed by atoms with E-state index in [1.54, 1.807) is 0 Å². The molecule has 3 rings (SSSR count). The van der Waals surface area contributed by atoms with Crippen LogP contribution < -0.4 is 0 Å². The highest BCUT2D eigenvalue weighted by molar-refractivity contribution is 5.91. The molecule has 0 aromatic heterocycles. The highest BCUT2D eigenvalue weighted by Gasteiger charge is 2.54. The van der Waals surface area contributed by atoms with Crippen molar-refractivity contribution in [3.05, 3.63) is 11.6 Å². The van der Waals surface area contributed by atoms with E-state index in [1.807, 2.05) is 0 Å². The number of Topliss-reactive ketones (excluding diaryl/α,β-unsaturated/α-hetero) is 1. The van der Waals surface area contributed by atoms with E-state index in [4.69, 9.17) is 0 Å². The first-order valence-corrected chi connectivity index (χ1v) is 5.57. The van der Waals surface area contributed by atoms with Gasteiger partial charge in [0.05, 0.1) is 5.41 Å². The molecule has 3 aliphatic carbocycles. The Labute approximate surface area is 79.2 Å². The summed E-state index contributed by atoms with van der Waals surface area (Å²) in [6.45, 7) is 0. The van der Waals surface area contributed by atoms with E-state index in [0.29, 0.717) is 5.78 Å². The number of hydrogen-bond donors (Lipinski definition) is 0. The fourth-order valence-electron chi connectivity index (χ4n) is 3.86. The number of ketones is 1. The Kier molecular flexibility index (Phi) is 1.47. The van der Waals surface area contributed by atoms with Crippen LogP contribution >= 0.6 is 0 Å². The first-order chi connectivity index (χ1) is 6.34. The van der Waals surface area contributed by atoms with Crippen LogP contribution in [0.2, 0.25) is 0 Å². The minimum atomic E-state index is 0.0816. The van der Waals surface area contributed by atoms with E-state index in [9.17, 15) is 4.79 Å². The summed E-state index contributed by atoms with van der Waals surface area (Å²) < 4.78 is 0. The average Bonchev–Trinajstić information content (AvgIpc) is 2.69. The monoisotopic (exact) mass is 176 g/mol. The van der Waals surface area contributed by atoms with Crippen molar-refractivity contribution in [1.29, 1.82) is 0 Å². The van der Waals surface area contributed by atoms with Crippen molar-refractivity contribution in [3.63, 3.8) is 0 Å². The first-order valence-electron chi connectivity index (χ1n) is 5.57. The third-order valence-electron chi connectivity index (χ3n) is 4.41. The van der Waals surface area contributed by atoms with Crippen LogP contribution in [0.1, 0.15) is 44.9 Å². The third kappa shape index (κ3) is 0.806. The van der Waals surface area contributed by atoms with Gasteiger partial charge in [0, 0.05) is 6.42 Å². The molecule has 0 aromatic carbocycles. The Morgan fingerprint density at radius 3 is 3.15 bits per heavy atom. The van der Waals surface area contributed by atoms with Crippen LogP contribution in [0.3, 0.4) is 0 Å². The average molecular weight is 176 g/mol. The topological polar surface area (TPSA) is 17.1 Å². The fraction of sp³-hybridized carbons (Fsp3) is 0.750. The third-order valence-corrected chi connectivity index (χ3v) is 4.41. The number of hydrogen-bond acceptors (Lipinski definition) is 1. The Morgan fingerprint density at radius 1 is 1.31 bits per heavy atom. The van der Waals surface area contributed by atoms with Gasteiger partial charge in [-0.3, -0.25) is 4.79 Å². The molecule has 0 N–H and O–H groups in total. The largest absolute Gasteiger partial charge is 0.299 e. The van der Waals surface area contributed by atoms with E-state index in [0.717, 1.165) is 12.3 Å². The lowest BCUT2D eigenvalue weighted by Crippen LogP contribution is -2.33. The number of rotatable bonds is 0. The lowest BCUT2D eigenvalue weighted by Gasteiger charge is -2.34. The van der Waals surface area contributed by atoms with Crippen molar-refractivity contribution in [3.8, 4) is 0 Å². The Balaban J connectivity index is 2.12. The van der Waals surface area contributed by atoms with Gasteiger partial charge < -0.3 is 0 Å². The molecule has 0 unspecified atom stereocenters. The Hall–Kier alpha value is -0.590. The minimum Gasteiger partial charge on any atom is -0.299 e. The Morgan fingerprint density at radius 2 is 2.23 bits per heavy atom. The van der Waals surface area contributed by atoms with Crippen LogP contribution in [-0.4, -0.2) is 5.78 Å². The summed E-state index contributed by atoms with van der Waals surface area (Å²) >= 11 is 0. The maximum Gasteiger partial charge on any atom is 0.143 e. The number of carbonyl (C=O) groups excluding carboxylic acids is 1. The van der Waals surface area contributed by atoms with Crippen molar-refractivity contribution in [2.45, 2.75) is 44.9 Å². The molecule has 0 bridgehead atoms.